The van der Waals surface area contributed by atoms with E-state index >= 15 is 0 Å². The van der Waals surface area contributed by atoms with Gasteiger partial charge in [0.05, 0.1) is 32.5 Å². The van der Waals surface area contributed by atoms with Crippen molar-refractivity contribution in [3.05, 3.63) is 0 Å². The summed E-state index contributed by atoms with van der Waals surface area (Å²) < 4.78 is 9.97. The maximum absolute atomic E-state index is 8.09. The van der Waals surface area contributed by atoms with Gasteiger partial charge in [-0.3, -0.25) is 0 Å². The lowest BCUT2D eigenvalue weighted by atomic mass is 10.3. The second-order valence-corrected chi connectivity index (χ2v) is 3.15. The van der Waals surface area contributed by atoms with Crippen molar-refractivity contribution in [3.63, 3.8) is 0 Å². The number of hydrogen-bond acceptors (Lipinski definition) is 4. The van der Waals surface area contributed by atoms with E-state index in [1.165, 1.54) is 0 Å². The zero-order chi connectivity index (χ0) is 11.9. The maximum Gasteiger partial charge on any atom is 0.0698 e. The van der Waals surface area contributed by atoms with Gasteiger partial charge in [0.2, 0.25) is 0 Å². The molecule has 0 spiro atoms. The molecule has 15 heavy (non-hydrogen) atoms. The summed E-state index contributed by atoms with van der Waals surface area (Å²) in [4.78, 5) is 0. The average molecular weight is 222 g/mol. The van der Waals surface area contributed by atoms with E-state index in [1.807, 2.05) is 0 Å². The molecule has 1 unspecified atom stereocenters. The summed E-state index contributed by atoms with van der Waals surface area (Å²) in [5, 5.41) is 16.2. The van der Waals surface area contributed by atoms with E-state index in [9.17, 15) is 0 Å². The first-order valence-electron chi connectivity index (χ1n) is 5.63. The van der Waals surface area contributed by atoms with E-state index < -0.39 is 0 Å². The van der Waals surface area contributed by atoms with Crippen molar-refractivity contribution < 1.29 is 19.7 Å². The van der Waals surface area contributed by atoms with Crippen molar-refractivity contribution in [2.75, 3.05) is 33.0 Å². The minimum absolute atomic E-state index is 0.0278. The molecule has 0 rings (SSSR count). The number of ether oxygens (including phenoxy) is 2. The lowest BCUT2D eigenvalue weighted by Gasteiger charge is -2.07. The second-order valence-electron chi connectivity index (χ2n) is 3.15. The highest BCUT2D eigenvalue weighted by molar-refractivity contribution is 4.42. The van der Waals surface area contributed by atoms with Crippen LogP contribution in [-0.4, -0.2) is 49.4 Å². The van der Waals surface area contributed by atoms with E-state index in [1.54, 1.807) is 0 Å². The lowest BCUT2D eigenvalue weighted by Crippen LogP contribution is -2.06. The van der Waals surface area contributed by atoms with Gasteiger partial charge in [-0.25, -0.2) is 0 Å². The lowest BCUT2D eigenvalue weighted by molar-refractivity contribution is 0.0641. The van der Waals surface area contributed by atoms with Gasteiger partial charge in [0.25, 0.3) is 0 Å². The number of aliphatic hydroxyl groups is 2. The molecule has 4 heteroatoms. The molecule has 0 aromatic heterocycles. The van der Waals surface area contributed by atoms with E-state index in [2.05, 4.69) is 25.5 Å². The van der Waals surface area contributed by atoms with Gasteiger partial charge in [0.15, 0.2) is 0 Å². The monoisotopic (exact) mass is 222 g/mol. The molecule has 0 saturated heterocycles. The SMILES string of the molecule is CCCOC(C)CC.OCCOCCO. The minimum atomic E-state index is 0.0278. The zero-order valence-corrected chi connectivity index (χ0v) is 10.2. The Hall–Kier alpha value is -0.160. The van der Waals surface area contributed by atoms with Gasteiger partial charge in [-0.15, -0.1) is 0 Å². The summed E-state index contributed by atoms with van der Waals surface area (Å²) in [6.45, 7) is 7.98. The Kier molecular flexibility index (Phi) is 18.7. The fourth-order valence-electron chi connectivity index (χ4n) is 0.668. The second kappa shape index (κ2) is 16.3. The smallest absolute Gasteiger partial charge is 0.0698 e. The van der Waals surface area contributed by atoms with Crippen LogP contribution in [-0.2, 0) is 9.47 Å². The van der Waals surface area contributed by atoms with Crippen LogP contribution in [0.2, 0.25) is 0 Å². The third-order valence-electron chi connectivity index (χ3n) is 1.65. The van der Waals surface area contributed by atoms with Gasteiger partial charge < -0.3 is 19.7 Å². The Bertz CT molecular complexity index is 94.6. The molecule has 0 aliphatic carbocycles. The molecule has 0 amide bonds. The van der Waals surface area contributed by atoms with Crippen molar-refractivity contribution in [1.82, 2.24) is 0 Å². The van der Waals surface area contributed by atoms with Gasteiger partial charge in [-0.2, -0.15) is 0 Å². The number of hydrogen-bond donors (Lipinski definition) is 2. The molecule has 4 nitrogen and oxygen atoms in total. The topological polar surface area (TPSA) is 58.9 Å². The van der Waals surface area contributed by atoms with Crippen LogP contribution in [0.4, 0.5) is 0 Å². The molecule has 0 aliphatic heterocycles. The van der Waals surface area contributed by atoms with Crippen molar-refractivity contribution in [3.8, 4) is 0 Å². The Morgan fingerprint density at radius 3 is 1.87 bits per heavy atom. The van der Waals surface area contributed by atoms with Crippen molar-refractivity contribution in [2.45, 2.75) is 39.7 Å². The van der Waals surface area contributed by atoms with E-state index in [0.29, 0.717) is 19.3 Å². The zero-order valence-electron chi connectivity index (χ0n) is 10.2. The van der Waals surface area contributed by atoms with Crippen LogP contribution in [0.25, 0.3) is 0 Å². The summed E-state index contributed by atoms with van der Waals surface area (Å²) in [7, 11) is 0. The molecule has 0 fully saturated rings. The number of aliphatic hydroxyl groups excluding tert-OH is 2. The molecule has 0 aliphatic rings. The molecule has 0 aromatic carbocycles. The third-order valence-corrected chi connectivity index (χ3v) is 1.65. The Balaban J connectivity index is 0. The predicted octanol–water partition coefficient (Wildman–Crippen LogP) is 1.20. The van der Waals surface area contributed by atoms with E-state index in [-0.39, 0.29) is 13.2 Å². The summed E-state index contributed by atoms with van der Waals surface area (Å²) in [6, 6.07) is 0. The predicted molar refractivity (Wildman–Crippen MR) is 61.0 cm³/mol. The highest BCUT2D eigenvalue weighted by atomic mass is 16.5. The van der Waals surface area contributed by atoms with Crippen LogP contribution in [0.1, 0.15) is 33.6 Å². The Labute approximate surface area is 93.2 Å². The summed E-state index contributed by atoms with van der Waals surface area (Å²) >= 11 is 0. The molecular formula is C11H26O4. The van der Waals surface area contributed by atoms with Crippen LogP contribution >= 0.6 is 0 Å². The Morgan fingerprint density at radius 2 is 1.53 bits per heavy atom. The van der Waals surface area contributed by atoms with Crippen LogP contribution in [0.5, 0.6) is 0 Å². The number of rotatable bonds is 8. The van der Waals surface area contributed by atoms with Gasteiger partial charge in [-0.1, -0.05) is 13.8 Å². The van der Waals surface area contributed by atoms with Gasteiger partial charge in [0, 0.05) is 6.61 Å². The first-order valence-corrected chi connectivity index (χ1v) is 5.63. The fourth-order valence-corrected chi connectivity index (χ4v) is 0.668. The molecule has 1 atom stereocenters. The summed E-state index contributed by atoms with van der Waals surface area (Å²) in [5.74, 6) is 0. The Morgan fingerprint density at radius 1 is 1.00 bits per heavy atom. The van der Waals surface area contributed by atoms with Crippen molar-refractivity contribution in [2.24, 2.45) is 0 Å². The van der Waals surface area contributed by atoms with E-state index in [4.69, 9.17) is 14.9 Å². The van der Waals surface area contributed by atoms with Crippen LogP contribution in [0.15, 0.2) is 0 Å². The fraction of sp³-hybridized carbons (Fsp3) is 1.00. The van der Waals surface area contributed by atoms with E-state index in [0.717, 1.165) is 19.4 Å². The quantitative estimate of drug-likeness (QED) is 0.606. The van der Waals surface area contributed by atoms with Crippen LogP contribution in [0, 0.1) is 0 Å². The summed E-state index contributed by atoms with van der Waals surface area (Å²) in [5.41, 5.74) is 0. The van der Waals surface area contributed by atoms with Gasteiger partial charge in [0.1, 0.15) is 0 Å². The molecule has 0 radical (unpaired) electrons. The minimum Gasteiger partial charge on any atom is -0.394 e. The molecule has 0 saturated carbocycles. The third kappa shape index (κ3) is 20.0. The van der Waals surface area contributed by atoms with Gasteiger partial charge >= 0.3 is 0 Å². The average Bonchev–Trinajstić information content (AvgIpc) is 2.27. The molecule has 0 heterocycles. The summed E-state index contributed by atoms with van der Waals surface area (Å²) in [6.07, 6.45) is 2.71. The molecular weight excluding hydrogens is 196 g/mol. The standard InChI is InChI=1S/C7H16O.C4H10O3/c1-4-6-8-7(3)5-2;5-1-3-7-4-2-6/h7H,4-6H2,1-3H3;5-6H,1-4H2. The first-order chi connectivity index (χ1) is 7.22. The molecule has 0 bridgehead atoms. The molecule has 2 N–H and O–H groups in total. The maximum atomic E-state index is 8.09. The highest BCUT2D eigenvalue weighted by Crippen LogP contribution is 1.95. The van der Waals surface area contributed by atoms with Crippen molar-refractivity contribution in [1.29, 1.82) is 0 Å². The molecule has 0 aromatic rings. The highest BCUT2D eigenvalue weighted by Gasteiger charge is 1.93. The first kappa shape index (κ1) is 17.2. The molecule has 94 valence electrons. The van der Waals surface area contributed by atoms with Crippen LogP contribution < -0.4 is 0 Å². The largest absolute Gasteiger partial charge is 0.394 e. The van der Waals surface area contributed by atoms with Crippen molar-refractivity contribution >= 4 is 0 Å². The normalized spacial score (nSPS) is 11.8. The van der Waals surface area contributed by atoms with Crippen LogP contribution in [0.3, 0.4) is 0 Å². The van der Waals surface area contributed by atoms with Gasteiger partial charge in [-0.05, 0) is 19.8 Å².